The molecule has 2 nitrogen and oxygen atoms in total. The minimum absolute atomic E-state index is 0.293. The highest BCUT2D eigenvalue weighted by Gasteiger charge is 2.75. The van der Waals surface area contributed by atoms with Crippen LogP contribution in [-0.4, -0.2) is 18.3 Å². The van der Waals surface area contributed by atoms with Crippen molar-refractivity contribution in [1.82, 2.24) is 0 Å². The number of halogens is 8. The van der Waals surface area contributed by atoms with Crippen molar-refractivity contribution in [1.29, 1.82) is 0 Å². The highest BCUT2D eigenvalue weighted by molar-refractivity contribution is 5.96. The molecule has 0 atom stereocenters. The number of alkyl halides is 6. The molecule has 0 aliphatic rings. The average molecular weight is 377 g/mol. The van der Waals surface area contributed by atoms with Gasteiger partial charge in [-0.3, -0.25) is 4.79 Å². The molecule has 10 heteroatoms. The second-order valence-corrected chi connectivity index (χ2v) is 6.72. The molecule has 0 aliphatic heterocycles. The Bertz CT molecular complexity index is 628. The molecule has 1 aromatic carbocycles. The van der Waals surface area contributed by atoms with Gasteiger partial charge in [-0.2, -0.15) is 26.3 Å². The Kier molecular flexibility index (Phi) is 5.47. The number of benzene rings is 1. The largest absolute Gasteiger partial charge is 0.412 e. The van der Waals surface area contributed by atoms with Crippen molar-refractivity contribution >= 4 is 11.6 Å². The lowest BCUT2D eigenvalue weighted by Crippen LogP contribution is -2.59. The molecule has 0 radical (unpaired) electrons. The maximum Gasteiger partial charge on any atom is 0.412 e. The molecule has 0 bridgehead atoms. The van der Waals surface area contributed by atoms with Crippen LogP contribution >= 0.6 is 0 Å². The topological polar surface area (TPSA) is 29.1 Å². The fraction of sp³-hybridized carbons (Fsp3) is 0.533. The Hall–Kier alpha value is -1.87. The Morgan fingerprint density at radius 1 is 0.920 bits per heavy atom. The Labute approximate surface area is 138 Å². The van der Waals surface area contributed by atoms with Crippen LogP contribution in [0.3, 0.4) is 0 Å². The summed E-state index contributed by atoms with van der Waals surface area (Å²) in [6, 6.07) is 1.42. The van der Waals surface area contributed by atoms with E-state index in [4.69, 9.17) is 0 Å². The lowest BCUT2D eigenvalue weighted by atomic mass is 9.71. The molecule has 0 saturated carbocycles. The molecule has 1 amide bonds. The molecule has 0 aliphatic carbocycles. The van der Waals surface area contributed by atoms with Gasteiger partial charge in [0.05, 0.1) is 0 Å². The second kappa shape index (κ2) is 6.45. The van der Waals surface area contributed by atoms with E-state index in [0.717, 1.165) is 20.8 Å². The fourth-order valence-electron chi connectivity index (χ4n) is 2.31. The number of hydrogen-bond acceptors (Lipinski definition) is 1. The number of nitrogens with one attached hydrogen (secondary N) is 1. The molecular weight excluding hydrogens is 362 g/mol. The smallest absolute Gasteiger partial charge is 0.325 e. The van der Waals surface area contributed by atoms with Crippen LogP contribution in [0.4, 0.5) is 40.8 Å². The van der Waals surface area contributed by atoms with E-state index in [1.54, 1.807) is 0 Å². The third kappa shape index (κ3) is 4.40. The SMILES string of the molecule is CC(C)(C)CC(C(=O)Nc1ccc(F)c(F)c1)(C(F)(F)F)C(F)(F)F. The predicted octanol–water partition coefficient (Wildman–Crippen LogP) is 5.45. The van der Waals surface area contributed by atoms with E-state index in [2.05, 4.69) is 0 Å². The van der Waals surface area contributed by atoms with Gasteiger partial charge in [-0.05, 0) is 24.0 Å². The first-order valence-corrected chi connectivity index (χ1v) is 6.91. The molecular formula is C15H15F8NO. The van der Waals surface area contributed by atoms with Crippen LogP contribution in [0.5, 0.6) is 0 Å². The van der Waals surface area contributed by atoms with E-state index >= 15 is 0 Å². The number of rotatable bonds is 3. The van der Waals surface area contributed by atoms with E-state index in [-0.39, 0.29) is 0 Å². The van der Waals surface area contributed by atoms with Gasteiger partial charge < -0.3 is 5.32 Å². The van der Waals surface area contributed by atoms with Crippen molar-refractivity contribution in [2.45, 2.75) is 39.5 Å². The van der Waals surface area contributed by atoms with Crippen LogP contribution in [0.15, 0.2) is 18.2 Å². The van der Waals surface area contributed by atoms with Crippen molar-refractivity contribution in [2.24, 2.45) is 10.8 Å². The minimum Gasteiger partial charge on any atom is -0.325 e. The lowest BCUT2D eigenvalue weighted by Gasteiger charge is -2.39. The zero-order valence-corrected chi connectivity index (χ0v) is 13.4. The van der Waals surface area contributed by atoms with Gasteiger partial charge in [0, 0.05) is 11.8 Å². The lowest BCUT2D eigenvalue weighted by molar-refractivity contribution is -0.330. The Morgan fingerprint density at radius 2 is 1.40 bits per heavy atom. The summed E-state index contributed by atoms with van der Waals surface area (Å²) >= 11 is 0. The number of hydrogen-bond donors (Lipinski definition) is 1. The Morgan fingerprint density at radius 3 is 1.76 bits per heavy atom. The fourth-order valence-corrected chi connectivity index (χ4v) is 2.31. The van der Waals surface area contributed by atoms with Gasteiger partial charge >= 0.3 is 12.4 Å². The van der Waals surface area contributed by atoms with E-state index in [1.807, 2.05) is 0 Å². The standard InChI is InChI=1S/C15H15F8NO/c1-12(2,3)7-13(14(18,19)20,15(21,22)23)11(25)24-8-4-5-9(16)10(17)6-8/h4-6H,7H2,1-3H3,(H,24,25). The molecule has 0 fully saturated rings. The molecule has 25 heavy (non-hydrogen) atoms. The second-order valence-electron chi connectivity index (χ2n) is 6.72. The van der Waals surface area contributed by atoms with Gasteiger partial charge in [0.25, 0.3) is 0 Å². The van der Waals surface area contributed by atoms with Crippen molar-refractivity contribution in [2.75, 3.05) is 5.32 Å². The summed E-state index contributed by atoms with van der Waals surface area (Å²) in [5, 5.41) is 1.40. The third-order valence-electron chi connectivity index (χ3n) is 3.33. The zero-order chi connectivity index (χ0) is 19.8. The normalized spacial score (nSPS) is 13.7. The average Bonchev–Trinajstić information content (AvgIpc) is 2.36. The van der Waals surface area contributed by atoms with Crippen molar-refractivity contribution in [3.05, 3.63) is 29.8 Å². The monoisotopic (exact) mass is 377 g/mol. The summed E-state index contributed by atoms with van der Waals surface area (Å²) in [4.78, 5) is 12.0. The first-order chi connectivity index (χ1) is 11.0. The Balaban J connectivity index is 3.44. The molecule has 0 saturated heterocycles. The van der Waals surface area contributed by atoms with Crippen LogP contribution in [0, 0.1) is 22.5 Å². The van der Waals surface area contributed by atoms with Crippen LogP contribution in [-0.2, 0) is 4.79 Å². The maximum absolute atomic E-state index is 13.4. The molecule has 1 N–H and O–H groups in total. The van der Waals surface area contributed by atoms with Gasteiger partial charge in [0.2, 0.25) is 11.3 Å². The molecule has 1 aromatic rings. The quantitative estimate of drug-likeness (QED) is 0.698. The van der Waals surface area contributed by atoms with Crippen molar-refractivity contribution in [3.63, 3.8) is 0 Å². The summed E-state index contributed by atoms with van der Waals surface area (Å²) in [6.07, 6.45) is -13.5. The molecule has 0 unspecified atom stereocenters. The van der Waals surface area contributed by atoms with Crippen LogP contribution < -0.4 is 5.32 Å². The molecule has 0 heterocycles. The number of carbonyl (C=O) groups is 1. The summed E-state index contributed by atoms with van der Waals surface area (Å²) in [7, 11) is 0. The first-order valence-electron chi connectivity index (χ1n) is 6.91. The van der Waals surface area contributed by atoms with Gasteiger partial charge in [0.15, 0.2) is 11.6 Å². The van der Waals surface area contributed by atoms with E-state index < -0.39 is 52.8 Å². The first kappa shape index (κ1) is 21.2. The highest BCUT2D eigenvalue weighted by atomic mass is 19.4. The van der Waals surface area contributed by atoms with Gasteiger partial charge in [0.1, 0.15) is 0 Å². The van der Waals surface area contributed by atoms with E-state index in [9.17, 15) is 39.9 Å². The number of carbonyl (C=O) groups excluding carboxylic acids is 1. The number of amides is 1. The summed E-state index contributed by atoms with van der Waals surface area (Å²) in [5.74, 6) is -5.31. The number of anilines is 1. The van der Waals surface area contributed by atoms with Crippen molar-refractivity contribution in [3.8, 4) is 0 Å². The molecule has 142 valence electrons. The van der Waals surface area contributed by atoms with Crippen molar-refractivity contribution < 1.29 is 39.9 Å². The van der Waals surface area contributed by atoms with Crippen LogP contribution in [0.1, 0.15) is 27.2 Å². The van der Waals surface area contributed by atoms with Crippen LogP contribution in [0.2, 0.25) is 0 Å². The molecule has 0 aromatic heterocycles. The summed E-state index contributed by atoms with van der Waals surface area (Å²) < 4.78 is 106. The summed E-state index contributed by atoms with van der Waals surface area (Å²) in [6.45, 7) is 3.35. The predicted molar refractivity (Wildman–Crippen MR) is 73.6 cm³/mol. The van der Waals surface area contributed by atoms with Crippen LogP contribution in [0.25, 0.3) is 0 Å². The minimum atomic E-state index is -5.96. The van der Waals surface area contributed by atoms with E-state index in [0.29, 0.717) is 18.2 Å². The third-order valence-corrected chi connectivity index (χ3v) is 3.33. The maximum atomic E-state index is 13.4. The highest BCUT2D eigenvalue weighted by Crippen LogP contribution is 2.56. The van der Waals surface area contributed by atoms with Gasteiger partial charge in [-0.1, -0.05) is 20.8 Å². The molecule has 1 rings (SSSR count). The molecule has 0 spiro atoms. The van der Waals surface area contributed by atoms with Gasteiger partial charge in [-0.15, -0.1) is 0 Å². The van der Waals surface area contributed by atoms with Gasteiger partial charge in [-0.25, -0.2) is 8.78 Å². The van der Waals surface area contributed by atoms with E-state index in [1.165, 1.54) is 5.32 Å². The zero-order valence-electron chi connectivity index (χ0n) is 13.4. The summed E-state index contributed by atoms with van der Waals surface area (Å²) in [5.41, 5.74) is -6.95.